The van der Waals surface area contributed by atoms with Gasteiger partial charge in [0.25, 0.3) is 0 Å². The fourth-order valence-corrected chi connectivity index (χ4v) is 6.28. The molecule has 0 fully saturated rings. The highest BCUT2D eigenvalue weighted by Crippen LogP contribution is 2.27. The number of hydrogen-bond acceptors (Lipinski definition) is 8. The number of esters is 3. The Labute approximate surface area is 343 Å². The van der Waals surface area contributed by atoms with Crippen LogP contribution >= 0.6 is 0 Å². The van der Waals surface area contributed by atoms with E-state index < -0.39 is 5.54 Å². The highest BCUT2D eigenvalue weighted by atomic mass is 16.5. The number of rotatable bonds is 39. The van der Waals surface area contributed by atoms with Crippen molar-refractivity contribution in [2.75, 3.05) is 40.5 Å². The Morgan fingerprint density at radius 3 is 1.12 bits per heavy atom. The summed E-state index contributed by atoms with van der Waals surface area (Å²) in [5, 5.41) is 3.20. The molecule has 0 aromatic heterocycles. The van der Waals surface area contributed by atoms with Gasteiger partial charge in [-0.05, 0) is 130 Å². The second-order valence-corrected chi connectivity index (χ2v) is 15.6. The maximum Gasteiger partial charge on any atom is 0.305 e. The van der Waals surface area contributed by atoms with Crippen molar-refractivity contribution in [1.82, 2.24) is 10.2 Å². The molecule has 0 bridgehead atoms. The van der Waals surface area contributed by atoms with Crippen molar-refractivity contribution in [3.63, 3.8) is 0 Å². The Morgan fingerprint density at radius 1 is 0.464 bits per heavy atom. The summed E-state index contributed by atoms with van der Waals surface area (Å²) in [6.45, 7) is 8.43. The molecule has 0 unspecified atom stereocenters. The summed E-state index contributed by atoms with van der Waals surface area (Å²) < 4.78 is 16.7. The topological polar surface area (TPSA) is 111 Å². The van der Waals surface area contributed by atoms with Gasteiger partial charge >= 0.3 is 17.9 Å². The first-order chi connectivity index (χ1) is 27.2. The Hall–Kier alpha value is -2.94. The van der Waals surface area contributed by atoms with E-state index >= 15 is 0 Å². The molecule has 0 aromatic rings. The molecular weight excluding hydrogens is 705 g/mol. The fourth-order valence-electron chi connectivity index (χ4n) is 6.28. The van der Waals surface area contributed by atoms with Crippen LogP contribution in [0.4, 0.5) is 0 Å². The Bertz CT molecular complexity index is 961. The third-order valence-corrected chi connectivity index (χ3v) is 9.84. The number of allylic oxidation sites excluding steroid dienone is 6. The molecule has 1 N–H and O–H groups in total. The number of ether oxygens (including phenoxy) is 3. The predicted octanol–water partition coefficient (Wildman–Crippen LogP) is 11.3. The SMILES string of the molecule is CCCCC/C=C\CCCOC(=O)CCC(CCC(=O)OCCC/C=C\CCCCC)(CCC(=O)OCCC/C=C\CCCCC)NC(=O)CCCCN(C)C. The van der Waals surface area contributed by atoms with E-state index in [0.29, 0.717) is 32.7 Å². The van der Waals surface area contributed by atoms with Crippen LogP contribution in [0.25, 0.3) is 0 Å². The minimum absolute atomic E-state index is 0.0625. The van der Waals surface area contributed by atoms with Gasteiger partial charge in [0.1, 0.15) is 0 Å². The van der Waals surface area contributed by atoms with Crippen LogP contribution in [0, 0.1) is 0 Å². The summed E-state index contributed by atoms with van der Waals surface area (Å²) in [5.74, 6) is -1.20. The molecule has 0 aliphatic carbocycles. The first-order valence-electron chi connectivity index (χ1n) is 22.6. The lowest BCUT2D eigenvalue weighted by molar-refractivity contribution is -0.145. The van der Waals surface area contributed by atoms with Gasteiger partial charge in [0.2, 0.25) is 5.91 Å². The van der Waals surface area contributed by atoms with Gasteiger partial charge in [-0.2, -0.15) is 0 Å². The van der Waals surface area contributed by atoms with E-state index in [1.807, 2.05) is 14.1 Å². The van der Waals surface area contributed by atoms with Gasteiger partial charge in [0.05, 0.1) is 19.8 Å². The maximum atomic E-state index is 13.4. The van der Waals surface area contributed by atoms with E-state index in [0.717, 1.165) is 70.8 Å². The van der Waals surface area contributed by atoms with Gasteiger partial charge < -0.3 is 24.4 Å². The number of nitrogens with one attached hydrogen (secondary N) is 1. The van der Waals surface area contributed by atoms with Crippen LogP contribution in [0.15, 0.2) is 36.5 Å². The highest BCUT2D eigenvalue weighted by molar-refractivity contribution is 5.77. The van der Waals surface area contributed by atoms with Crippen molar-refractivity contribution in [3.8, 4) is 0 Å². The highest BCUT2D eigenvalue weighted by Gasteiger charge is 2.34. The van der Waals surface area contributed by atoms with Gasteiger partial charge in [-0.1, -0.05) is 95.8 Å². The van der Waals surface area contributed by atoms with Crippen molar-refractivity contribution in [2.45, 2.75) is 200 Å². The van der Waals surface area contributed by atoms with Crippen LogP contribution in [-0.2, 0) is 33.4 Å². The first-order valence-corrected chi connectivity index (χ1v) is 22.6. The number of unbranched alkanes of at least 4 members (excludes halogenated alkanes) is 13. The van der Waals surface area contributed by atoms with E-state index in [-0.39, 0.29) is 62.3 Å². The van der Waals surface area contributed by atoms with E-state index in [4.69, 9.17) is 14.2 Å². The zero-order valence-corrected chi connectivity index (χ0v) is 36.7. The van der Waals surface area contributed by atoms with Crippen molar-refractivity contribution in [1.29, 1.82) is 0 Å². The number of carbonyl (C=O) groups excluding carboxylic acids is 4. The van der Waals surface area contributed by atoms with E-state index in [1.54, 1.807) is 0 Å². The average Bonchev–Trinajstić information content (AvgIpc) is 3.18. The number of amides is 1. The summed E-state index contributed by atoms with van der Waals surface area (Å²) in [5.41, 5.74) is -0.973. The summed E-state index contributed by atoms with van der Waals surface area (Å²) in [6.07, 6.45) is 34.8. The largest absolute Gasteiger partial charge is 0.466 e. The second-order valence-electron chi connectivity index (χ2n) is 15.6. The zero-order valence-electron chi connectivity index (χ0n) is 36.7. The van der Waals surface area contributed by atoms with E-state index in [9.17, 15) is 19.2 Å². The molecule has 324 valence electrons. The van der Waals surface area contributed by atoms with Crippen LogP contribution in [0.1, 0.15) is 194 Å². The number of hydrogen-bond donors (Lipinski definition) is 1. The van der Waals surface area contributed by atoms with Crippen molar-refractivity contribution in [2.24, 2.45) is 0 Å². The number of carbonyl (C=O) groups is 4. The van der Waals surface area contributed by atoms with Gasteiger partial charge in [0.15, 0.2) is 0 Å². The third kappa shape index (κ3) is 35.5. The monoisotopic (exact) mass is 789 g/mol. The van der Waals surface area contributed by atoms with Crippen LogP contribution in [0.5, 0.6) is 0 Å². The molecule has 0 rings (SSSR count). The molecule has 0 saturated heterocycles. The minimum Gasteiger partial charge on any atom is -0.466 e. The summed E-state index contributed by atoms with van der Waals surface area (Å²) in [6, 6.07) is 0. The molecule has 0 aromatic carbocycles. The van der Waals surface area contributed by atoms with Crippen LogP contribution in [0.2, 0.25) is 0 Å². The van der Waals surface area contributed by atoms with Crippen LogP contribution < -0.4 is 5.32 Å². The smallest absolute Gasteiger partial charge is 0.305 e. The summed E-state index contributed by atoms with van der Waals surface area (Å²) >= 11 is 0. The molecule has 0 radical (unpaired) electrons. The second kappa shape index (κ2) is 38.9. The third-order valence-electron chi connectivity index (χ3n) is 9.84. The van der Waals surface area contributed by atoms with Crippen molar-refractivity contribution < 1.29 is 33.4 Å². The van der Waals surface area contributed by atoms with Crippen LogP contribution in [-0.4, -0.2) is 74.7 Å². The predicted molar refractivity (Wildman–Crippen MR) is 231 cm³/mol. The average molecular weight is 789 g/mol. The standard InChI is InChI=1S/C47H84N2O7/c1-6-9-12-15-18-21-24-29-40-54-44(51)33-36-47(48-43(50)32-27-28-39-49(4)5,37-34-45(52)55-41-30-25-22-19-16-13-10-7-2)38-35-46(53)56-42-31-26-23-20-17-14-11-8-3/h18-23H,6-17,24-42H2,1-5H3,(H,48,50)/b21-18-,22-19-,23-20-. The Kier molecular flexibility index (Phi) is 36.9. The molecule has 0 atom stereocenters. The van der Waals surface area contributed by atoms with Gasteiger partial charge in [-0.3, -0.25) is 19.2 Å². The van der Waals surface area contributed by atoms with Crippen LogP contribution in [0.3, 0.4) is 0 Å². The summed E-state index contributed by atoms with van der Waals surface area (Å²) in [7, 11) is 4.01. The molecule has 1 amide bonds. The lowest BCUT2D eigenvalue weighted by Gasteiger charge is -2.35. The minimum atomic E-state index is -0.973. The molecular formula is C47H84N2O7. The zero-order chi connectivity index (χ0) is 41.4. The van der Waals surface area contributed by atoms with Gasteiger partial charge in [-0.15, -0.1) is 0 Å². The molecule has 0 heterocycles. The van der Waals surface area contributed by atoms with E-state index in [1.165, 1.54) is 57.8 Å². The normalized spacial score (nSPS) is 12.0. The molecule has 0 aliphatic rings. The van der Waals surface area contributed by atoms with Gasteiger partial charge in [-0.25, -0.2) is 0 Å². The molecule has 0 saturated carbocycles. The Balaban J connectivity index is 5.53. The van der Waals surface area contributed by atoms with Crippen molar-refractivity contribution >= 4 is 23.8 Å². The Morgan fingerprint density at radius 2 is 0.804 bits per heavy atom. The molecule has 0 spiro atoms. The quantitative estimate of drug-likeness (QED) is 0.0284. The molecule has 9 heteroatoms. The lowest BCUT2D eigenvalue weighted by Crippen LogP contribution is -2.49. The molecule has 56 heavy (non-hydrogen) atoms. The number of nitrogens with zero attached hydrogens (tertiary/aromatic N) is 1. The maximum absolute atomic E-state index is 13.4. The van der Waals surface area contributed by atoms with Crippen molar-refractivity contribution in [3.05, 3.63) is 36.5 Å². The van der Waals surface area contributed by atoms with Gasteiger partial charge in [0, 0.05) is 31.2 Å². The fraction of sp³-hybridized carbons (Fsp3) is 0.787. The molecule has 9 nitrogen and oxygen atoms in total. The molecule has 0 aliphatic heterocycles. The van der Waals surface area contributed by atoms with E-state index in [2.05, 4.69) is 67.4 Å². The summed E-state index contributed by atoms with van der Waals surface area (Å²) in [4.78, 5) is 54.4. The lowest BCUT2D eigenvalue weighted by atomic mass is 9.83. The first kappa shape index (κ1) is 53.1.